The number of nitrogens with zero attached hydrogens (tertiary/aromatic N) is 1. The monoisotopic (exact) mass is 313 g/mol. The van der Waals surface area contributed by atoms with Gasteiger partial charge in [-0.25, -0.2) is 0 Å². The number of carbonyl (C=O) groups is 1. The van der Waals surface area contributed by atoms with Gasteiger partial charge in [0.1, 0.15) is 0 Å². The van der Waals surface area contributed by atoms with Gasteiger partial charge in [-0.1, -0.05) is 60.7 Å². The number of hydrogen-bond acceptors (Lipinski definition) is 2. The lowest BCUT2D eigenvalue weighted by molar-refractivity contribution is 0.102. The Morgan fingerprint density at radius 2 is 1.67 bits per heavy atom. The average molecular weight is 313 g/mol. The number of amides is 1. The maximum absolute atomic E-state index is 12.8. The second kappa shape index (κ2) is 6.01. The third-order valence-electron chi connectivity index (χ3n) is 3.98. The molecule has 0 saturated heterocycles. The maximum atomic E-state index is 12.8. The van der Waals surface area contributed by atoms with Gasteiger partial charge in [0.05, 0.1) is 17.3 Å². The van der Waals surface area contributed by atoms with Gasteiger partial charge >= 0.3 is 0 Å². The predicted molar refractivity (Wildman–Crippen MR) is 95.9 cm³/mol. The van der Waals surface area contributed by atoms with Gasteiger partial charge in [0, 0.05) is 16.6 Å². The van der Waals surface area contributed by atoms with Crippen molar-refractivity contribution < 1.29 is 4.79 Å². The molecule has 1 amide bonds. The van der Waals surface area contributed by atoms with Gasteiger partial charge in [0.25, 0.3) is 5.91 Å². The second-order valence-corrected chi connectivity index (χ2v) is 5.51. The lowest BCUT2D eigenvalue weighted by atomic mass is 10.0. The molecule has 4 heteroatoms. The Morgan fingerprint density at radius 1 is 0.875 bits per heavy atom. The fraction of sp³-hybridized carbons (Fsp3) is 0. The zero-order valence-corrected chi connectivity index (χ0v) is 12.9. The minimum atomic E-state index is -0.159. The number of aromatic nitrogens is 2. The molecule has 24 heavy (non-hydrogen) atoms. The standard InChI is InChI=1S/C20H15N3O/c24-20(17-11-6-9-15-13-21-23-19(15)17)22-18-12-5-4-10-16(18)14-7-2-1-3-8-14/h1-13H,(H,21,23)(H,22,24). The Bertz CT molecular complexity index is 1010. The lowest BCUT2D eigenvalue weighted by Gasteiger charge is -2.11. The van der Waals surface area contributed by atoms with Gasteiger partial charge in [0.2, 0.25) is 0 Å². The molecule has 0 aliphatic heterocycles. The Hall–Kier alpha value is -3.40. The highest BCUT2D eigenvalue weighted by Gasteiger charge is 2.13. The van der Waals surface area contributed by atoms with Crippen molar-refractivity contribution in [2.75, 3.05) is 5.32 Å². The molecule has 0 atom stereocenters. The van der Waals surface area contributed by atoms with E-state index >= 15 is 0 Å². The van der Waals surface area contributed by atoms with Crippen molar-refractivity contribution in [1.29, 1.82) is 0 Å². The number of nitrogens with one attached hydrogen (secondary N) is 2. The van der Waals surface area contributed by atoms with Crippen molar-refractivity contribution in [1.82, 2.24) is 10.2 Å². The van der Waals surface area contributed by atoms with Crippen LogP contribution in [0.25, 0.3) is 22.0 Å². The van der Waals surface area contributed by atoms with Gasteiger partial charge in [-0.3, -0.25) is 9.89 Å². The molecule has 0 saturated carbocycles. The summed E-state index contributed by atoms with van der Waals surface area (Å²) in [4.78, 5) is 12.8. The minimum Gasteiger partial charge on any atom is -0.321 e. The van der Waals surface area contributed by atoms with Crippen LogP contribution < -0.4 is 5.32 Å². The number of hydrogen-bond donors (Lipinski definition) is 2. The summed E-state index contributed by atoms with van der Waals surface area (Å²) in [5.74, 6) is -0.159. The maximum Gasteiger partial charge on any atom is 0.257 e. The fourth-order valence-electron chi connectivity index (χ4n) is 2.81. The fourth-order valence-corrected chi connectivity index (χ4v) is 2.81. The molecule has 116 valence electrons. The van der Waals surface area contributed by atoms with E-state index in [1.54, 1.807) is 12.3 Å². The van der Waals surface area contributed by atoms with Gasteiger partial charge in [-0.2, -0.15) is 5.10 Å². The summed E-state index contributed by atoms with van der Waals surface area (Å²) in [5.41, 5.74) is 4.15. The summed E-state index contributed by atoms with van der Waals surface area (Å²) < 4.78 is 0. The number of anilines is 1. The average Bonchev–Trinajstić information content (AvgIpc) is 3.11. The van der Waals surface area contributed by atoms with Crippen LogP contribution in [-0.2, 0) is 0 Å². The molecule has 1 heterocycles. The number of fused-ring (bicyclic) bond motifs is 1. The number of benzene rings is 3. The van der Waals surface area contributed by atoms with Crippen molar-refractivity contribution in [2.45, 2.75) is 0 Å². The van der Waals surface area contributed by atoms with Crippen LogP contribution in [0.15, 0.2) is 79.0 Å². The molecule has 0 radical (unpaired) electrons. The van der Waals surface area contributed by atoms with Gasteiger partial charge in [-0.15, -0.1) is 0 Å². The largest absolute Gasteiger partial charge is 0.321 e. The molecule has 0 aliphatic rings. The van der Waals surface area contributed by atoms with E-state index in [0.717, 1.165) is 27.7 Å². The van der Waals surface area contributed by atoms with E-state index in [9.17, 15) is 4.79 Å². The molecule has 4 rings (SSSR count). The number of carbonyl (C=O) groups excluding carboxylic acids is 1. The Kier molecular flexibility index (Phi) is 3.56. The molecule has 2 N–H and O–H groups in total. The highest BCUT2D eigenvalue weighted by atomic mass is 16.1. The summed E-state index contributed by atoms with van der Waals surface area (Å²) in [6, 6.07) is 23.4. The van der Waals surface area contributed by atoms with Crippen LogP contribution in [-0.4, -0.2) is 16.1 Å². The smallest absolute Gasteiger partial charge is 0.257 e. The summed E-state index contributed by atoms with van der Waals surface area (Å²) >= 11 is 0. The van der Waals surface area contributed by atoms with Crippen LogP contribution in [0.1, 0.15) is 10.4 Å². The normalized spacial score (nSPS) is 10.7. The molecule has 4 nitrogen and oxygen atoms in total. The third-order valence-corrected chi connectivity index (χ3v) is 3.98. The first kappa shape index (κ1) is 14.2. The second-order valence-electron chi connectivity index (χ2n) is 5.51. The first-order valence-corrected chi connectivity index (χ1v) is 7.71. The van der Waals surface area contributed by atoms with E-state index in [1.807, 2.05) is 66.7 Å². The molecule has 0 aliphatic carbocycles. The van der Waals surface area contributed by atoms with E-state index in [-0.39, 0.29) is 5.91 Å². The Labute approximate surface area is 139 Å². The van der Waals surface area contributed by atoms with Crippen LogP contribution in [0.5, 0.6) is 0 Å². The van der Waals surface area contributed by atoms with Crippen LogP contribution in [0.4, 0.5) is 5.69 Å². The quantitative estimate of drug-likeness (QED) is 0.586. The Morgan fingerprint density at radius 3 is 2.54 bits per heavy atom. The first-order chi connectivity index (χ1) is 11.8. The van der Waals surface area contributed by atoms with E-state index in [0.29, 0.717) is 5.56 Å². The molecule has 0 bridgehead atoms. The number of aromatic amines is 1. The lowest BCUT2D eigenvalue weighted by Crippen LogP contribution is -2.13. The predicted octanol–water partition coefficient (Wildman–Crippen LogP) is 4.48. The van der Waals surface area contributed by atoms with E-state index in [4.69, 9.17) is 0 Å². The van der Waals surface area contributed by atoms with Crippen molar-refractivity contribution in [3.8, 4) is 11.1 Å². The molecule has 3 aromatic carbocycles. The van der Waals surface area contributed by atoms with Crippen molar-refractivity contribution >= 4 is 22.5 Å². The van der Waals surface area contributed by atoms with Gasteiger partial charge < -0.3 is 5.32 Å². The van der Waals surface area contributed by atoms with Crippen LogP contribution in [0.2, 0.25) is 0 Å². The molecule has 4 aromatic rings. The van der Waals surface area contributed by atoms with Crippen molar-refractivity contribution in [3.05, 3.63) is 84.6 Å². The molecule has 0 spiro atoms. The van der Waals surface area contributed by atoms with Crippen molar-refractivity contribution in [3.63, 3.8) is 0 Å². The van der Waals surface area contributed by atoms with Crippen LogP contribution in [0.3, 0.4) is 0 Å². The van der Waals surface area contributed by atoms with E-state index in [1.165, 1.54) is 0 Å². The summed E-state index contributed by atoms with van der Waals surface area (Å²) in [6.45, 7) is 0. The highest BCUT2D eigenvalue weighted by molar-refractivity contribution is 6.12. The molecular formula is C20H15N3O. The third kappa shape index (κ3) is 2.54. The topological polar surface area (TPSA) is 57.8 Å². The highest BCUT2D eigenvalue weighted by Crippen LogP contribution is 2.28. The summed E-state index contributed by atoms with van der Waals surface area (Å²) in [5, 5.41) is 10.8. The van der Waals surface area contributed by atoms with E-state index < -0.39 is 0 Å². The summed E-state index contributed by atoms with van der Waals surface area (Å²) in [7, 11) is 0. The molecule has 0 unspecified atom stereocenters. The number of para-hydroxylation sites is 2. The molecule has 0 fully saturated rings. The van der Waals surface area contributed by atoms with Crippen molar-refractivity contribution in [2.24, 2.45) is 0 Å². The van der Waals surface area contributed by atoms with Crippen LogP contribution >= 0.6 is 0 Å². The van der Waals surface area contributed by atoms with E-state index in [2.05, 4.69) is 15.5 Å². The van der Waals surface area contributed by atoms with Gasteiger partial charge in [-0.05, 0) is 17.7 Å². The minimum absolute atomic E-state index is 0.159. The SMILES string of the molecule is O=C(Nc1ccccc1-c1ccccc1)c1cccc2cn[nH]c12. The zero-order chi connectivity index (χ0) is 16.4. The van der Waals surface area contributed by atoms with Crippen LogP contribution in [0, 0.1) is 0 Å². The first-order valence-electron chi connectivity index (χ1n) is 7.71. The molecular weight excluding hydrogens is 298 g/mol. The summed E-state index contributed by atoms with van der Waals surface area (Å²) in [6.07, 6.45) is 1.71. The zero-order valence-electron chi connectivity index (χ0n) is 12.9. The Balaban J connectivity index is 1.71. The van der Waals surface area contributed by atoms with Gasteiger partial charge in [0.15, 0.2) is 0 Å². The number of rotatable bonds is 3. The molecule has 1 aromatic heterocycles. The number of H-pyrrole nitrogens is 1.